The molecule has 0 spiro atoms. The molecule has 0 saturated heterocycles. The predicted octanol–water partition coefficient (Wildman–Crippen LogP) is 6.73. The molecule has 0 atom stereocenters. The van der Waals surface area contributed by atoms with Crippen LogP contribution in [-0.4, -0.2) is 17.3 Å². The molecule has 156 valence electrons. The number of halogens is 3. The van der Waals surface area contributed by atoms with E-state index in [0.29, 0.717) is 5.92 Å². The Morgan fingerprint density at radius 2 is 1.56 bits per heavy atom. The van der Waals surface area contributed by atoms with Gasteiger partial charge < -0.3 is 14.9 Å². The van der Waals surface area contributed by atoms with Crippen molar-refractivity contribution in [1.82, 2.24) is 0 Å². The lowest BCUT2D eigenvalue weighted by atomic mass is 9.78. The third-order valence-electron chi connectivity index (χ3n) is 4.12. The van der Waals surface area contributed by atoms with Gasteiger partial charge in [-0.15, -0.1) is 0 Å². The van der Waals surface area contributed by atoms with E-state index in [0.717, 1.165) is 19.1 Å². The number of phenolic OH excluding ortho intramolecular Hbond substituents is 2. The molecule has 0 radical (unpaired) electrons. The molecule has 0 aliphatic heterocycles. The van der Waals surface area contributed by atoms with Crippen LogP contribution in [0.15, 0.2) is 11.6 Å². The van der Waals surface area contributed by atoms with Gasteiger partial charge in [0, 0.05) is 16.5 Å². The highest BCUT2D eigenvalue weighted by molar-refractivity contribution is 5.65. The highest BCUT2D eigenvalue weighted by Crippen LogP contribution is 2.53. The summed E-state index contributed by atoms with van der Waals surface area (Å²) in [6.07, 6.45) is -2.24. The van der Waals surface area contributed by atoms with Crippen LogP contribution in [0.25, 0.3) is 0 Å². The third kappa shape index (κ3) is 5.81. The van der Waals surface area contributed by atoms with Crippen LogP contribution in [0, 0.1) is 12.8 Å². The molecular formula is C21H33F3O3. The minimum Gasteiger partial charge on any atom is -0.507 e. The van der Waals surface area contributed by atoms with Gasteiger partial charge in [0.05, 0.1) is 7.11 Å². The van der Waals surface area contributed by atoms with E-state index < -0.39 is 34.4 Å². The van der Waals surface area contributed by atoms with Gasteiger partial charge >= 0.3 is 6.18 Å². The maximum Gasteiger partial charge on any atom is 0.423 e. The molecule has 0 amide bonds. The Hall–Kier alpha value is -1.85. The maximum absolute atomic E-state index is 13.4. The molecule has 1 aromatic carbocycles. The predicted molar refractivity (Wildman–Crippen MR) is 104 cm³/mol. The monoisotopic (exact) mass is 390 g/mol. The van der Waals surface area contributed by atoms with Gasteiger partial charge in [-0.1, -0.05) is 53.2 Å². The number of phenols is 2. The molecule has 0 aliphatic carbocycles. The lowest BCUT2D eigenvalue weighted by Gasteiger charge is -2.29. The van der Waals surface area contributed by atoms with Crippen molar-refractivity contribution in [3.8, 4) is 17.2 Å². The molecule has 0 heterocycles. The van der Waals surface area contributed by atoms with Gasteiger partial charge in [0.1, 0.15) is 11.3 Å². The number of aromatic hydroxyl groups is 2. The van der Waals surface area contributed by atoms with Crippen molar-refractivity contribution in [2.24, 2.45) is 5.92 Å². The first-order valence-electron chi connectivity index (χ1n) is 9.12. The zero-order valence-corrected chi connectivity index (χ0v) is 17.8. The van der Waals surface area contributed by atoms with Crippen molar-refractivity contribution in [2.45, 2.75) is 73.4 Å². The van der Waals surface area contributed by atoms with Crippen molar-refractivity contribution in [3.63, 3.8) is 0 Å². The lowest BCUT2D eigenvalue weighted by molar-refractivity contribution is -0.140. The second kappa shape index (κ2) is 9.38. The summed E-state index contributed by atoms with van der Waals surface area (Å²) in [4.78, 5) is 0. The number of rotatable bonds is 5. The van der Waals surface area contributed by atoms with E-state index in [1.54, 1.807) is 13.8 Å². The first-order valence-corrected chi connectivity index (χ1v) is 9.12. The van der Waals surface area contributed by atoms with Crippen LogP contribution in [0.3, 0.4) is 0 Å². The Labute approximate surface area is 160 Å². The average Bonchev–Trinajstić information content (AvgIpc) is 2.49. The Morgan fingerprint density at radius 3 is 1.93 bits per heavy atom. The zero-order valence-electron chi connectivity index (χ0n) is 17.8. The molecule has 0 aromatic heterocycles. The largest absolute Gasteiger partial charge is 0.507 e. The number of allylic oxidation sites excluding steroid dienone is 2. The summed E-state index contributed by atoms with van der Waals surface area (Å²) in [5.41, 5.74) is -1.04. The van der Waals surface area contributed by atoms with E-state index >= 15 is 0 Å². The van der Waals surface area contributed by atoms with Crippen molar-refractivity contribution in [3.05, 3.63) is 28.3 Å². The van der Waals surface area contributed by atoms with E-state index in [9.17, 15) is 23.4 Å². The Balaban J connectivity index is 0.00000326. The summed E-state index contributed by atoms with van der Waals surface area (Å²) in [7, 11) is 1.03. The minimum atomic E-state index is -4.86. The van der Waals surface area contributed by atoms with E-state index in [1.807, 2.05) is 40.7 Å². The fourth-order valence-corrected chi connectivity index (χ4v) is 3.46. The number of hydrogen-bond acceptors (Lipinski definition) is 3. The fourth-order valence-electron chi connectivity index (χ4n) is 3.46. The highest BCUT2D eigenvalue weighted by Gasteiger charge is 2.43. The fraction of sp³-hybridized carbons (Fsp3) is 0.619. The highest BCUT2D eigenvalue weighted by atomic mass is 19.4. The van der Waals surface area contributed by atoms with Gasteiger partial charge in [-0.25, -0.2) is 0 Å². The van der Waals surface area contributed by atoms with Gasteiger partial charge in [0.2, 0.25) is 0 Å². The Morgan fingerprint density at radius 1 is 1.07 bits per heavy atom. The third-order valence-corrected chi connectivity index (χ3v) is 4.12. The quantitative estimate of drug-likeness (QED) is 0.433. The van der Waals surface area contributed by atoms with E-state index in [4.69, 9.17) is 4.74 Å². The summed E-state index contributed by atoms with van der Waals surface area (Å²) >= 11 is 0. The maximum atomic E-state index is 13.4. The van der Waals surface area contributed by atoms with E-state index in [1.165, 1.54) is 6.92 Å². The van der Waals surface area contributed by atoms with Crippen molar-refractivity contribution >= 4 is 0 Å². The SMILES string of the molecule is CC.COc1c(O)c(C)c(C(C)(C)/C=C(\C)CC(C)C)c(O)c1C(F)(F)F. The van der Waals surface area contributed by atoms with E-state index in [-0.39, 0.29) is 11.1 Å². The van der Waals surface area contributed by atoms with Crippen LogP contribution in [0.2, 0.25) is 0 Å². The summed E-state index contributed by atoms with van der Waals surface area (Å²) < 4.78 is 45.1. The van der Waals surface area contributed by atoms with Crippen LogP contribution >= 0.6 is 0 Å². The van der Waals surface area contributed by atoms with Gasteiger partial charge in [0.15, 0.2) is 11.5 Å². The molecular weight excluding hydrogens is 357 g/mol. The molecule has 0 bridgehead atoms. The van der Waals surface area contributed by atoms with Gasteiger partial charge in [-0.3, -0.25) is 0 Å². The number of alkyl halides is 3. The molecule has 2 N–H and O–H groups in total. The molecule has 6 heteroatoms. The van der Waals surface area contributed by atoms with Crippen LogP contribution in [0.1, 0.15) is 71.6 Å². The van der Waals surface area contributed by atoms with Crippen molar-refractivity contribution in [1.29, 1.82) is 0 Å². The molecule has 27 heavy (non-hydrogen) atoms. The molecule has 0 fully saturated rings. The standard InChI is InChI=1S/C19H27F3O3.C2H6/c1-10(2)8-11(3)9-18(5,6)13-12(4)15(23)17(25-7)14(16(13)24)19(20,21)22;1-2/h9-10,23-24H,8H2,1-7H3;1-2H3/b11-9+;. The smallest absolute Gasteiger partial charge is 0.423 e. The first-order chi connectivity index (χ1) is 12.2. The second-order valence-electron chi connectivity index (χ2n) is 7.41. The summed E-state index contributed by atoms with van der Waals surface area (Å²) in [6.45, 7) is 14.9. The van der Waals surface area contributed by atoms with Crippen molar-refractivity contribution < 1.29 is 28.1 Å². The van der Waals surface area contributed by atoms with Crippen LogP contribution < -0.4 is 4.74 Å². The molecule has 1 aromatic rings. The second-order valence-corrected chi connectivity index (χ2v) is 7.41. The molecule has 0 unspecified atom stereocenters. The van der Waals surface area contributed by atoms with Crippen LogP contribution in [0.5, 0.6) is 17.2 Å². The molecule has 0 aliphatic rings. The van der Waals surface area contributed by atoms with Crippen LogP contribution in [-0.2, 0) is 11.6 Å². The summed E-state index contributed by atoms with van der Waals surface area (Å²) in [5, 5.41) is 20.7. The zero-order chi connectivity index (χ0) is 21.7. The molecule has 0 saturated carbocycles. The topological polar surface area (TPSA) is 49.7 Å². The normalized spacial score (nSPS) is 12.7. The van der Waals surface area contributed by atoms with Crippen LogP contribution in [0.4, 0.5) is 13.2 Å². The number of methoxy groups -OCH3 is 1. The number of benzene rings is 1. The minimum absolute atomic E-state index is 0.0428. The van der Waals surface area contributed by atoms with E-state index in [2.05, 4.69) is 0 Å². The summed E-state index contributed by atoms with van der Waals surface area (Å²) in [5.74, 6) is -1.87. The molecule has 1 rings (SSSR count). The first kappa shape index (κ1) is 25.1. The number of ether oxygens (including phenoxy) is 1. The number of hydrogen-bond donors (Lipinski definition) is 2. The molecule has 3 nitrogen and oxygen atoms in total. The Bertz CT molecular complexity index is 672. The average molecular weight is 390 g/mol. The lowest BCUT2D eigenvalue weighted by Crippen LogP contribution is -2.20. The van der Waals surface area contributed by atoms with Gasteiger partial charge in [-0.2, -0.15) is 13.2 Å². The Kier molecular flexibility index (Phi) is 8.74. The summed E-state index contributed by atoms with van der Waals surface area (Å²) in [6, 6.07) is 0. The van der Waals surface area contributed by atoms with Crippen molar-refractivity contribution in [2.75, 3.05) is 7.11 Å². The van der Waals surface area contributed by atoms with Gasteiger partial charge in [0.25, 0.3) is 0 Å². The van der Waals surface area contributed by atoms with Gasteiger partial charge in [-0.05, 0) is 26.2 Å².